The molecule has 0 aromatic heterocycles. The third-order valence-electron chi connectivity index (χ3n) is 2.68. The molecule has 92 valence electrons. The number of hydrogen-bond acceptors (Lipinski definition) is 3. The van der Waals surface area contributed by atoms with Gasteiger partial charge in [-0.1, -0.05) is 6.07 Å². The number of anilines is 1. The van der Waals surface area contributed by atoms with E-state index in [1.807, 2.05) is 38.1 Å². The van der Waals surface area contributed by atoms with Crippen LogP contribution < -0.4 is 10.1 Å². The highest BCUT2D eigenvalue weighted by molar-refractivity contribution is 5.47. The Morgan fingerprint density at radius 1 is 1.41 bits per heavy atom. The Kier molecular flexibility index (Phi) is 4.84. The summed E-state index contributed by atoms with van der Waals surface area (Å²) in [5.41, 5.74) is 0.829. The first-order chi connectivity index (χ1) is 8.07. The summed E-state index contributed by atoms with van der Waals surface area (Å²) in [7, 11) is 1.66. The summed E-state index contributed by atoms with van der Waals surface area (Å²) < 4.78 is 5.15. The number of benzene rings is 1. The maximum Gasteiger partial charge on any atom is 0.120 e. The Balaban J connectivity index is 2.34. The summed E-state index contributed by atoms with van der Waals surface area (Å²) in [5.74, 6) is 0.854. The second kappa shape index (κ2) is 6.15. The van der Waals surface area contributed by atoms with Gasteiger partial charge in [-0.3, -0.25) is 0 Å². The van der Waals surface area contributed by atoms with E-state index in [2.05, 4.69) is 11.4 Å². The van der Waals surface area contributed by atoms with Gasteiger partial charge in [0.05, 0.1) is 18.6 Å². The molecular weight excluding hydrogens is 212 g/mol. The fourth-order valence-corrected chi connectivity index (χ4v) is 1.55. The molecule has 0 saturated heterocycles. The maximum absolute atomic E-state index is 8.89. The molecule has 0 atom stereocenters. The van der Waals surface area contributed by atoms with E-state index < -0.39 is 0 Å². The predicted molar refractivity (Wildman–Crippen MR) is 70.1 cm³/mol. The smallest absolute Gasteiger partial charge is 0.120 e. The van der Waals surface area contributed by atoms with Gasteiger partial charge in [0.1, 0.15) is 5.75 Å². The van der Waals surface area contributed by atoms with Gasteiger partial charge in [-0.2, -0.15) is 5.26 Å². The van der Waals surface area contributed by atoms with Crippen molar-refractivity contribution >= 4 is 5.69 Å². The number of nitriles is 1. The zero-order valence-corrected chi connectivity index (χ0v) is 10.8. The molecule has 0 bridgehead atoms. The number of rotatable bonds is 6. The average Bonchev–Trinajstić information content (AvgIpc) is 2.35. The lowest BCUT2D eigenvalue weighted by Crippen LogP contribution is -2.11. The molecule has 3 nitrogen and oxygen atoms in total. The molecule has 0 aliphatic carbocycles. The highest BCUT2D eigenvalue weighted by atomic mass is 16.5. The molecule has 0 unspecified atom stereocenters. The van der Waals surface area contributed by atoms with Crippen molar-refractivity contribution in [3.63, 3.8) is 0 Å². The Hall–Kier alpha value is -1.69. The van der Waals surface area contributed by atoms with Crippen molar-refractivity contribution in [2.45, 2.75) is 26.7 Å². The third kappa shape index (κ3) is 4.78. The van der Waals surface area contributed by atoms with E-state index in [4.69, 9.17) is 10.00 Å². The number of methoxy groups -OCH3 is 1. The molecule has 1 aromatic carbocycles. The molecule has 0 heterocycles. The molecule has 0 aliphatic rings. The second-order valence-corrected chi connectivity index (χ2v) is 4.76. The van der Waals surface area contributed by atoms with E-state index in [-0.39, 0.29) is 5.41 Å². The van der Waals surface area contributed by atoms with E-state index in [0.29, 0.717) is 0 Å². The normalized spacial score (nSPS) is 10.7. The van der Waals surface area contributed by atoms with Crippen LogP contribution in [0.4, 0.5) is 5.69 Å². The quantitative estimate of drug-likeness (QED) is 0.764. The van der Waals surface area contributed by atoms with Gasteiger partial charge in [0.2, 0.25) is 0 Å². The van der Waals surface area contributed by atoms with Gasteiger partial charge in [-0.15, -0.1) is 0 Å². The van der Waals surface area contributed by atoms with Gasteiger partial charge in [-0.05, 0) is 38.8 Å². The average molecular weight is 232 g/mol. The van der Waals surface area contributed by atoms with Crippen LogP contribution >= 0.6 is 0 Å². The largest absolute Gasteiger partial charge is 0.497 e. The number of ether oxygens (including phenoxy) is 1. The van der Waals surface area contributed by atoms with Crippen LogP contribution in [0.3, 0.4) is 0 Å². The molecule has 1 N–H and O–H groups in total. The number of hydrogen-bond donors (Lipinski definition) is 1. The molecule has 1 aromatic rings. The third-order valence-corrected chi connectivity index (χ3v) is 2.68. The molecule has 0 spiro atoms. The molecule has 0 aliphatic heterocycles. The first-order valence-electron chi connectivity index (χ1n) is 5.86. The molecule has 0 radical (unpaired) electrons. The van der Waals surface area contributed by atoms with Crippen molar-refractivity contribution in [2.24, 2.45) is 5.41 Å². The van der Waals surface area contributed by atoms with E-state index in [9.17, 15) is 0 Å². The van der Waals surface area contributed by atoms with E-state index >= 15 is 0 Å². The standard InChI is InChI=1S/C14H20N2O/c1-14(2,11-15)8-5-9-16-12-6-4-7-13(10-12)17-3/h4,6-7,10,16H,5,8-9H2,1-3H3. The van der Waals surface area contributed by atoms with Crippen LogP contribution in [-0.2, 0) is 0 Å². The molecule has 0 saturated carbocycles. The van der Waals surface area contributed by atoms with Gasteiger partial charge >= 0.3 is 0 Å². The van der Waals surface area contributed by atoms with Gasteiger partial charge in [0.25, 0.3) is 0 Å². The van der Waals surface area contributed by atoms with E-state index in [1.165, 1.54) is 0 Å². The van der Waals surface area contributed by atoms with Crippen LogP contribution in [-0.4, -0.2) is 13.7 Å². The van der Waals surface area contributed by atoms with E-state index in [1.54, 1.807) is 7.11 Å². The van der Waals surface area contributed by atoms with Crippen molar-refractivity contribution in [2.75, 3.05) is 19.0 Å². The second-order valence-electron chi connectivity index (χ2n) is 4.76. The van der Waals surface area contributed by atoms with Crippen molar-refractivity contribution in [3.8, 4) is 11.8 Å². The van der Waals surface area contributed by atoms with Crippen LogP contribution in [0.15, 0.2) is 24.3 Å². The highest BCUT2D eigenvalue weighted by Gasteiger charge is 2.15. The van der Waals surface area contributed by atoms with Gasteiger partial charge < -0.3 is 10.1 Å². The number of nitrogens with zero attached hydrogens (tertiary/aromatic N) is 1. The Morgan fingerprint density at radius 2 is 2.18 bits per heavy atom. The zero-order chi connectivity index (χ0) is 12.7. The fraction of sp³-hybridized carbons (Fsp3) is 0.500. The predicted octanol–water partition coefficient (Wildman–Crippen LogP) is 3.44. The fourth-order valence-electron chi connectivity index (χ4n) is 1.55. The van der Waals surface area contributed by atoms with Crippen molar-refractivity contribution in [3.05, 3.63) is 24.3 Å². The van der Waals surface area contributed by atoms with Crippen LogP contribution in [0, 0.1) is 16.7 Å². The molecule has 3 heteroatoms. The minimum Gasteiger partial charge on any atom is -0.497 e. The molecule has 0 fully saturated rings. The topological polar surface area (TPSA) is 45.0 Å². The van der Waals surface area contributed by atoms with Gasteiger partial charge in [-0.25, -0.2) is 0 Å². The minimum atomic E-state index is -0.226. The maximum atomic E-state index is 8.89. The minimum absolute atomic E-state index is 0.226. The Morgan fingerprint density at radius 3 is 2.82 bits per heavy atom. The molecule has 17 heavy (non-hydrogen) atoms. The Bertz CT molecular complexity index is 393. The van der Waals surface area contributed by atoms with Crippen LogP contribution in [0.1, 0.15) is 26.7 Å². The lowest BCUT2D eigenvalue weighted by Gasteiger charge is -2.15. The molecule has 1 rings (SSSR count). The molecular formula is C14H20N2O. The summed E-state index contributed by atoms with van der Waals surface area (Å²) in [6, 6.07) is 10.2. The summed E-state index contributed by atoms with van der Waals surface area (Å²) in [4.78, 5) is 0. The lowest BCUT2D eigenvalue weighted by atomic mass is 9.90. The van der Waals surface area contributed by atoms with Crippen molar-refractivity contribution < 1.29 is 4.74 Å². The van der Waals surface area contributed by atoms with Crippen LogP contribution in [0.25, 0.3) is 0 Å². The lowest BCUT2D eigenvalue weighted by molar-refractivity contribution is 0.415. The SMILES string of the molecule is COc1cccc(NCCCC(C)(C)C#N)c1. The van der Waals surface area contributed by atoms with Gasteiger partial charge in [0.15, 0.2) is 0 Å². The summed E-state index contributed by atoms with van der Waals surface area (Å²) in [6.45, 7) is 4.81. The molecule has 0 amide bonds. The van der Waals surface area contributed by atoms with Gasteiger partial charge in [0, 0.05) is 18.3 Å². The Labute approximate surface area is 103 Å². The summed E-state index contributed by atoms with van der Waals surface area (Å²) in [6.07, 6.45) is 1.89. The first kappa shape index (κ1) is 13.4. The van der Waals surface area contributed by atoms with Crippen molar-refractivity contribution in [1.82, 2.24) is 0 Å². The summed E-state index contributed by atoms with van der Waals surface area (Å²) >= 11 is 0. The van der Waals surface area contributed by atoms with Crippen LogP contribution in [0.5, 0.6) is 5.75 Å². The number of nitrogens with one attached hydrogen (secondary N) is 1. The highest BCUT2D eigenvalue weighted by Crippen LogP contribution is 2.21. The van der Waals surface area contributed by atoms with Crippen LogP contribution in [0.2, 0.25) is 0 Å². The van der Waals surface area contributed by atoms with Crippen molar-refractivity contribution in [1.29, 1.82) is 5.26 Å². The monoisotopic (exact) mass is 232 g/mol. The first-order valence-corrected chi connectivity index (χ1v) is 5.86. The van der Waals surface area contributed by atoms with E-state index in [0.717, 1.165) is 30.8 Å². The summed E-state index contributed by atoms with van der Waals surface area (Å²) in [5, 5.41) is 12.2. The zero-order valence-electron chi connectivity index (χ0n) is 10.8.